The average Bonchev–Trinajstić information content (AvgIpc) is 3.26. The number of nitrogen functional groups attached to an aromatic ring is 1. The molecule has 0 aromatic carbocycles. The first-order valence-electron chi connectivity index (χ1n) is 14.2. The molecule has 1 saturated heterocycles. The Morgan fingerprint density at radius 1 is 1.08 bits per heavy atom. The number of imidazole rings is 1. The highest BCUT2D eigenvalue weighted by atomic mass is 16.5. The Kier molecular flexibility index (Phi) is 8.92. The van der Waals surface area contributed by atoms with Crippen LogP contribution in [0.5, 0.6) is 6.01 Å². The zero-order valence-electron chi connectivity index (χ0n) is 24.4. The van der Waals surface area contributed by atoms with Crippen molar-refractivity contribution in [3.63, 3.8) is 0 Å². The largest absolute Gasteiger partial charge is 0.459 e. The number of hydrogen-bond acceptors (Lipinski definition) is 8. The minimum absolute atomic E-state index is 0.00189. The lowest BCUT2D eigenvalue weighted by Crippen LogP contribution is -2.49. The molecule has 1 amide bonds. The molecule has 1 fully saturated rings. The summed E-state index contributed by atoms with van der Waals surface area (Å²) in [6, 6.07) is 2.45. The Labute approximate surface area is 232 Å². The monoisotopic (exact) mass is 536 g/mol. The van der Waals surface area contributed by atoms with Crippen molar-refractivity contribution in [1.82, 2.24) is 29.5 Å². The van der Waals surface area contributed by atoms with Crippen molar-refractivity contribution in [2.24, 2.45) is 5.41 Å². The van der Waals surface area contributed by atoms with E-state index in [0.717, 1.165) is 74.5 Å². The zero-order chi connectivity index (χ0) is 28.2. The number of aromatic nitrogens is 5. The van der Waals surface area contributed by atoms with Crippen LogP contribution in [0.3, 0.4) is 0 Å². The summed E-state index contributed by atoms with van der Waals surface area (Å²) in [6.07, 6.45) is 8.92. The van der Waals surface area contributed by atoms with Gasteiger partial charge >= 0.3 is 6.01 Å². The van der Waals surface area contributed by atoms with Crippen LogP contribution in [0.15, 0.2) is 18.5 Å². The second-order valence-electron chi connectivity index (χ2n) is 11.8. The summed E-state index contributed by atoms with van der Waals surface area (Å²) in [5, 5.41) is 4.63. The maximum atomic E-state index is 12.6. The van der Waals surface area contributed by atoms with Crippen LogP contribution < -0.4 is 15.4 Å². The van der Waals surface area contributed by atoms with Gasteiger partial charge in [-0.3, -0.25) is 4.79 Å². The number of rotatable bonds is 10. The Balaban J connectivity index is 1.45. The molecule has 0 spiro atoms. The van der Waals surface area contributed by atoms with Crippen molar-refractivity contribution in [1.29, 1.82) is 0 Å². The second-order valence-corrected chi connectivity index (χ2v) is 11.8. The van der Waals surface area contributed by atoms with Gasteiger partial charge in [0.25, 0.3) is 0 Å². The lowest BCUT2D eigenvalue weighted by molar-refractivity contribution is -0.133. The topological polar surface area (TPSA) is 115 Å². The van der Waals surface area contributed by atoms with Gasteiger partial charge in [0.15, 0.2) is 11.5 Å². The third-order valence-electron chi connectivity index (χ3n) is 7.04. The third-order valence-corrected chi connectivity index (χ3v) is 7.04. The fourth-order valence-electron chi connectivity index (χ4n) is 5.15. The molecule has 39 heavy (non-hydrogen) atoms. The standard InChI is InChI=1S/C29H44N8O2/c1-7-9-23(10-8-2)39-28-33-25(30)27-32-19-22(37(27)34-28)16-21-15-20(3)26(31-18-21)36-13-11-35(12-14-36)24(38)17-29(4,5)6/h15,18-19,23H,7-14,16-17H2,1-6H3,(H2,30,33,34). The summed E-state index contributed by atoms with van der Waals surface area (Å²) in [5.74, 6) is 1.52. The summed E-state index contributed by atoms with van der Waals surface area (Å²) in [7, 11) is 0. The van der Waals surface area contributed by atoms with Gasteiger partial charge in [-0.05, 0) is 36.3 Å². The van der Waals surface area contributed by atoms with Gasteiger partial charge in [-0.25, -0.2) is 14.5 Å². The quantitative estimate of drug-likeness (QED) is 0.405. The first-order chi connectivity index (χ1) is 18.6. The number of amides is 1. The molecule has 4 rings (SSSR count). The molecular weight excluding hydrogens is 492 g/mol. The number of nitrogens with zero attached hydrogens (tertiary/aromatic N) is 7. The van der Waals surface area contributed by atoms with E-state index in [1.807, 2.05) is 11.1 Å². The van der Waals surface area contributed by atoms with E-state index in [1.165, 1.54) is 0 Å². The van der Waals surface area contributed by atoms with Crippen LogP contribution in [0.4, 0.5) is 11.6 Å². The Morgan fingerprint density at radius 3 is 2.38 bits per heavy atom. The Morgan fingerprint density at radius 2 is 1.77 bits per heavy atom. The summed E-state index contributed by atoms with van der Waals surface area (Å²) < 4.78 is 7.85. The summed E-state index contributed by atoms with van der Waals surface area (Å²) in [5.41, 5.74) is 9.81. The van der Waals surface area contributed by atoms with E-state index in [1.54, 1.807) is 10.7 Å². The predicted molar refractivity (Wildman–Crippen MR) is 154 cm³/mol. The van der Waals surface area contributed by atoms with Crippen LogP contribution >= 0.6 is 0 Å². The number of ether oxygens (including phenoxy) is 1. The number of anilines is 2. The lowest BCUT2D eigenvalue weighted by Gasteiger charge is -2.37. The van der Waals surface area contributed by atoms with Gasteiger partial charge in [0, 0.05) is 45.2 Å². The molecule has 0 saturated carbocycles. The SMILES string of the molecule is CCCC(CCC)Oc1nc(N)c2ncc(Cc3cnc(N4CCN(C(=O)CC(C)(C)C)CC4)c(C)c3)n2n1. The number of pyridine rings is 1. The van der Waals surface area contributed by atoms with E-state index in [4.69, 9.17) is 15.5 Å². The fourth-order valence-corrected chi connectivity index (χ4v) is 5.15. The molecule has 1 aliphatic heterocycles. The van der Waals surface area contributed by atoms with Crippen LogP contribution in [0.1, 0.15) is 83.5 Å². The highest BCUT2D eigenvalue weighted by molar-refractivity contribution is 5.77. The lowest BCUT2D eigenvalue weighted by atomic mass is 9.91. The van der Waals surface area contributed by atoms with Gasteiger partial charge in [-0.1, -0.05) is 53.5 Å². The summed E-state index contributed by atoms with van der Waals surface area (Å²) in [6.45, 7) is 15.7. The van der Waals surface area contributed by atoms with E-state index in [0.29, 0.717) is 24.3 Å². The number of aryl methyl sites for hydroxylation is 1. The van der Waals surface area contributed by atoms with Gasteiger partial charge in [0.05, 0.1) is 11.9 Å². The molecule has 1 aliphatic rings. The number of piperazine rings is 1. The molecule has 3 aromatic rings. The van der Waals surface area contributed by atoms with E-state index >= 15 is 0 Å². The van der Waals surface area contributed by atoms with Crippen molar-refractivity contribution in [3.8, 4) is 6.01 Å². The first-order valence-corrected chi connectivity index (χ1v) is 14.2. The molecule has 0 radical (unpaired) electrons. The highest BCUT2D eigenvalue weighted by Gasteiger charge is 2.26. The van der Waals surface area contributed by atoms with E-state index in [-0.39, 0.29) is 23.4 Å². The molecule has 0 bridgehead atoms. The van der Waals surface area contributed by atoms with Crippen LogP contribution in [0.25, 0.3) is 5.65 Å². The molecule has 0 atom stereocenters. The molecule has 0 aliphatic carbocycles. The van der Waals surface area contributed by atoms with Gasteiger partial charge in [0.2, 0.25) is 5.91 Å². The molecule has 10 nitrogen and oxygen atoms in total. The third kappa shape index (κ3) is 7.16. The van der Waals surface area contributed by atoms with Crippen LogP contribution in [0.2, 0.25) is 0 Å². The molecule has 0 unspecified atom stereocenters. The maximum Gasteiger partial charge on any atom is 0.336 e. The van der Waals surface area contributed by atoms with Crippen molar-refractivity contribution < 1.29 is 9.53 Å². The Hall–Kier alpha value is -3.43. The van der Waals surface area contributed by atoms with Crippen molar-refractivity contribution in [3.05, 3.63) is 35.3 Å². The number of carbonyl (C=O) groups excluding carboxylic acids is 1. The normalized spacial score (nSPS) is 14.4. The first kappa shape index (κ1) is 28.6. The van der Waals surface area contributed by atoms with Gasteiger partial charge in [0.1, 0.15) is 11.9 Å². The van der Waals surface area contributed by atoms with Crippen molar-refractivity contribution in [2.45, 2.75) is 86.2 Å². The fraction of sp³-hybridized carbons (Fsp3) is 0.621. The molecule has 4 heterocycles. The van der Waals surface area contributed by atoms with Crippen molar-refractivity contribution in [2.75, 3.05) is 36.8 Å². The maximum absolute atomic E-state index is 12.6. The predicted octanol–water partition coefficient (Wildman–Crippen LogP) is 4.43. The number of fused-ring (bicyclic) bond motifs is 1. The Bertz CT molecular complexity index is 1270. The molecule has 212 valence electrons. The minimum Gasteiger partial charge on any atom is -0.459 e. The van der Waals surface area contributed by atoms with E-state index in [9.17, 15) is 4.79 Å². The van der Waals surface area contributed by atoms with Crippen molar-refractivity contribution >= 4 is 23.2 Å². The smallest absolute Gasteiger partial charge is 0.336 e. The number of carbonyl (C=O) groups is 1. The number of nitrogens with two attached hydrogens (primary N) is 1. The molecular formula is C29H44N8O2. The number of hydrogen-bond donors (Lipinski definition) is 1. The van der Waals surface area contributed by atoms with Crippen LogP contribution in [-0.2, 0) is 11.2 Å². The summed E-state index contributed by atoms with van der Waals surface area (Å²) in [4.78, 5) is 30.5. The van der Waals surface area contributed by atoms with Gasteiger partial charge < -0.3 is 20.3 Å². The second kappa shape index (κ2) is 12.2. The zero-order valence-corrected chi connectivity index (χ0v) is 24.4. The van der Waals surface area contributed by atoms with Crippen LogP contribution in [0, 0.1) is 12.3 Å². The van der Waals surface area contributed by atoms with Crippen LogP contribution in [-0.4, -0.2) is 67.7 Å². The van der Waals surface area contributed by atoms with Gasteiger partial charge in [-0.2, -0.15) is 4.98 Å². The van der Waals surface area contributed by atoms with E-state index < -0.39 is 0 Å². The molecule has 10 heteroatoms. The average molecular weight is 537 g/mol. The minimum atomic E-state index is 0.00189. The van der Waals surface area contributed by atoms with Gasteiger partial charge in [-0.15, -0.1) is 5.10 Å². The summed E-state index contributed by atoms with van der Waals surface area (Å²) >= 11 is 0. The highest BCUT2D eigenvalue weighted by Crippen LogP contribution is 2.24. The molecule has 3 aromatic heterocycles. The van der Waals surface area contributed by atoms with E-state index in [2.05, 4.69) is 67.6 Å². The molecule has 2 N–H and O–H groups in total.